The summed E-state index contributed by atoms with van der Waals surface area (Å²) < 4.78 is 5.62. The molecular weight excluding hydrogens is 352 g/mol. The van der Waals surface area contributed by atoms with Gasteiger partial charge in [0.1, 0.15) is 5.75 Å². The molecule has 1 atom stereocenters. The number of benzene rings is 2. The van der Waals surface area contributed by atoms with Gasteiger partial charge < -0.3 is 4.74 Å². The Bertz CT molecular complexity index is 782. The van der Waals surface area contributed by atoms with Gasteiger partial charge in [0.2, 0.25) is 0 Å². The molecule has 0 aliphatic carbocycles. The van der Waals surface area contributed by atoms with Gasteiger partial charge in [0.05, 0.1) is 10.6 Å². The summed E-state index contributed by atoms with van der Waals surface area (Å²) in [6.45, 7) is 7.98. The van der Waals surface area contributed by atoms with Crippen LogP contribution in [0.25, 0.3) is 0 Å². The smallest absolute Gasteiger partial charge is 0.279 e. The number of nitrogens with one attached hydrogen (secondary N) is 2. The Kier molecular flexibility index (Phi) is 6.27. The van der Waals surface area contributed by atoms with Crippen molar-refractivity contribution < 1.29 is 14.3 Å². The van der Waals surface area contributed by atoms with E-state index in [4.69, 9.17) is 16.3 Å². The molecule has 0 heterocycles. The third kappa shape index (κ3) is 5.23. The average molecular weight is 375 g/mol. The van der Waals surface area contributed by atoms with E-state index in [1.165, 1.54) is 5.56 Å². The third-order valence-electron chi connectivity index (χ3n) is 3.82. The topological polar surface area (TPSA) is 67.4 Å². The zero-order valence-corrected chi connectivity index (χ0v) is 16.1. The first-order valence-electron chi connectivity index (χ1n) is 8.30. The summed E-state index contributed by atoms with van der Waals surface area (Å²) in [7, 11) is 0. The maximum Gasteiger partial charge on any atom is 0.279 e. The van der Waals surface area contributed by atoms with Crippen LogP contribution in [0.3, 0.4) is 0 Å². The number of amides is 2. The molecule has 26 heavy (non-hydrogen) atoms. The SMILES string of the molecule is CC(Oc1ccc(C(C)(C)C)cc1)C(=O)NNC(=O)c1ccccc1Cl. The van der Waals surface area contributed by atoms with Crippen molar-refractivity contribution >= 4 is 23.4 Å². The van der Waals surface area contributed by atoms with E-state index in [2.05, 4.69) is 31.6 Å². The number of carbonyl (C=O) groups excluding carboxylic acids is 2. The summed E-state index contributed by atoms with van der Waals surface area (Å²) in [4.78, 5) is 24.1. The fourth-order valence-corrected chi connectivity index (χ4v) is 2.45. The molecule has 0 aromatic heterocycles. The second-order valence-electron chi connectivity index (χ2n) is 6.96. The highest BCUT2D eigenvalue weighted by Gasteiger charge is 2.18. The lowest BCUT2D eigenvalue weighted by atomic mass is 9.87. The molecule has 5 nitrogen and oxygen atoms in total. The predicted molar refractivity (Wildman–Crippen MR) is 102 cm³/mol. The molecule has 0 radical (unpaired) electrons. The van der Waals surface area contributed by atoms with E-state index in [0.717, 1.165) is 0 Å². The fourth-order valence-electron chi connectivity index (χ4n) is 2.22. The van der Waals surface area contributed by atoms with Gasteiger partial charge in [0.25, 0.3) is 11.8 Å². The van der Waals surface area contributed by atoms with Crippen LogP contribution in [0.4, 0.5) is 0 Å². The summed E-state index contributed by atoms with van der Waals surface area (Å²) in [6, 6.07) is 14.2. The molecule has 6 heteroatoms. The summed E-state index contributed by atoms with van der Waals surface area (Å²) in [5, 5.41) is 0.308. The number of hydrogen-bond acceptors (Lipinski definition) is 3. The van der Waals surface area contributed by atoms with E-state index in [1.54, 1.807) is 31.2 Å². The minimum atomic E-state index is -0.776. The quantitative estimate of drug-likeness (QED) is 0.798. The molecular formula is C20H23ClN2O3. The van der Waals surface area contributed by atoms with Gasteiger partial charge in [-0.15, -0.1) is 0 Å². The van der Waals surface area contributed by atoms with E-state index in [-0.39, 0.29) is 11.0 Å². The Morgan fingerprint density at radius 2 is 1.62 bits per heavy atom. The van der Waals surface area contributed by atoms with Gasteiger partial charge in [-0.25, -0.2) is 0 Å². The highest BCUT2D eigenvalue weighted by Crippen LogP contribution is 2.24. The molecule has 1 unspecified atom stereocenters. The molecule has 0 spiro atoms. The lowest BCUT2D eigenvalue weighted by Crippen LogP contribution is -2.47. The second kappa shape index (κ2) is 8.23. The maximum absolute atomic E-state index is 12.1. The molecule has 2 aromatic carbocycles. The van der Waals surface area contributed by atoms with Gasteiger partial charge in [-0.2, -0.15) is 0 Å². The molecule has 0 fully saturated rings. The number of hydrogen-bond donors (Lipinski definition) is 2. The number of hydrazine groups is 1. The van der Waals surface area contributed by atoms with Crippen molar-refractivity contribution in [2.75, 3.05) is 0 Å². The van der Waals surface area contributed by atoms with Gasteiger partial charge in [-0.05, 0) is 42.2 Å². The lowest BCUT2D eigenvalue weighted by molar-refractivity contribution is -0.128. The summed E-state index contributed by atoms with van der Waals surface area (Å²) >= 11 is 5.95. The minimum absolute atomic E-state index is 0.0461. The third-order valence-corrected chi connectivity index (χ3v) is 4.15. The van der Waals surface area contributed by atoms with E-state index in [0.29, 0.717) is 10.8 Å². The Balaban J connectivity index is 1.89. The molecule has 0 aliphatic heterocycles. The Labute approximate surface area is 158 Å². The summed E-state index contributed by atoms with van der Waals surface area (Å²) in [5.74, 6) is -0.380. The largest absolute Gasteiger partial charge is 0.481 e. The second-order valence-corrected chi connectivity index (χ2v) is 7.36. The number of ether oxygens (including phenoxy) is 1. The highest BCUT2D eigenvalue weighted by molar-refractivity contribution is 6.33. The number of halogens is 1. The molecule has 0 saturated heterocycles. The first-order chi connectivity index (χ1) is 12.2. The Morgan fingerprint density at radius 1 is 1.00 bits per heavy atom. The molecule has 2 N–H and O–H groups in total. The Morgan fingerprint density at radius 3 is 2.19 bits per heavy atom. The summed E-state index contributed by atoms with van der Waals surface area (Å²) in [6.07, 6.45) is -0.776. The monoisotopic (exact) mass is 374 g/mol. The van der Waals surface area contributed by atoms with Crippen LogP contribution in [0, 0.1) is 0 Å². The minimum Gasteiger partial charge on any atom is -0.481 e. The van der Waals surface area contributed by atoms with Crippen LogP contribution in [-0.4, -0.2) is 17.9 Å². The van der Waals surface area contributed by atoms with Crippen LogP contribution in [-0.2, 0) is 10.2 Å². The van der Waals surface area contributed by atoms with E-state index in [9.17, 15) is 9.59 Å². The maximum atomic E-state index is 12.1. The van der Waals surface area contributed by atoms with Crippen LogP contribution in [0.2, 0.25) is 5.02 Å². The standard InChI is InChI=1S/C20H23ClN2O3/c1-13(26-15-11-9-14(10-12-15)20(2,3)4)18(24)22-23-19(25)16-7-5-6-8-17(16)21/h5-13H,1-4H3,(H,22,24)(H,23,25). The number of rotatable bonds is 4. The van der Waals surface area contributed by atoms with Crippen LogP contribution < -0.4 is 15.6 Å². The van der Waals surface area contributed by atoms with Gasteiger partial charge in [-0.1, -0.05) is 56.6 Å². The van der Waals surface area contributed by atoms with Gasteiger partial charge in [0, 0.05) is 0 Å². The number of carbonyl (C=O) groups is 2. The van der Waals surface area contributed by atoms with Crippen LogP contribution in [0.1, 0.15) is 43.6 Å². The molecule has 0 saturated carbocycles. The molecule has 0 bridgehead atoms. The zero-order chi connectivity index (χ0) is 19.3. The van der Waals surface area contributed by atoms with Crippen molar-refractivity contribution in [3.8, 4) is 5.75 Å². The predicted octanol–water partition coefficient (Wildman–Crippen LogP) is 3.87. The van der Waals surface area contributed by atoms with Crippen molar-refractivity contribution in [3.63, 3.8) is 0 Å². The normalized spacial score (nSPS) is 12.2. The average Bonchev–Trinajstić information content (AvgIpc) is 2.59. The molecule has 2 rings (SSSR count). The summed E-state index contributed by atoms with van der Waals surface area (Å²) in [5.41, 5.74) is 6.17. The highest BCUT2D eigenvalue weighted by atomic mass is 35.5. The molecule has 138 valence electrons. The van der Waals surface area contributed by atoms with Gasteiger partial charge in [0.15, 0.2) is 6.10 Å². The Hall–Kier alpha value is -2.53. The molecule has 2 amide bonds. The first kappa shape index (κ1) is 19.8. The van der Waals surface area contributed by atoms with E-state index >= 15 is 0 Å². The van der Waals surface area contributed by atoms with Crippen molar-refractivity contribution in [2.24, 2.45) is 0 Å². The molecule has 0 aliphatic rings. The van der Waals surface area contributed by atoms with Crippen molar-refractivity contribution in [1.29, 1.82) is 0 Å². The van der Waals surface area contributed by atoms with Crippen LogP contribution >= 0.6 is 11.6 Å². The van der Waals surface area contributed by atoms with Crippen LogP contribution in [0.15, 0.2) is 48.5 Å². The van der Waals surface area contributed by atoms with Gasteiger partial charge in [-0.3, -0.25) is 20.4 Å². The van der Waals surface area contributed by atoms with Crippen molar-refractivity contribution in [1.82, 2.24) is 10.9 Å². The lowest BCUT2D eigenvalue weighted by Gasteiger charge is -2.20. The van der Waals surface area contributed by atoms with Crippen molar-refractivity contribution in [2.45, 2.75) is 39.2 Å². The van der Waals surface area contributed by atoms with Crippen LogP contribution in [0.5, 0.6) is 5.75 Å². The zero-order valence-electron chi connectivity index (χ0n) is 15.3. The van der Waals surface area contributed by atoms with E-state index in [1.807, 2.05) is 24.3 Å². The molecule has 2 aromatic rings. The fraction of sp³-hybridized carbons (Fsp3) is 0.300. The van der Waals surface area contributed by atoms with Crippen molar-refractivity contribution in [3.05, 3.63) is 64.7 Å². The van der Waals surface area contributed by atoms with E-state index < -0.39 is 17.9 Å². The first-order valence-corrected chi connectivity index (χ1v) is 8.68. The van der Waals surface area contributed by atoms with Gasteiger partial charge >= 0.3 is 0 Å².